The molecule has 40 heavy (non-hydrogen) atoms. The van der Waals surface area contributed by atoms with Crippen LogP contribution in [0.5, 0.6) is 0 Å². The fourth-order valence-electron chi connectivity index (χ4n) is 4.14. The molecule has 10 nitrogen and oxygen atoms in total. The number of hydrogen-bond acceptors (Lipinski definition) is 7. The highest BCUT2D eigenvalue weighted by Crippen LogP contribution is 2.30. The van der Waals surface area contributed by atoms with Gasteiger partial charge in [-0.3, -0.25) is 9.59 Å². The first-order chi connectivity index (χ1) is 19.0. The number of aromatic nitrogens is 2. The highest BCUT2D eigenvalue weighted by atomic mass is 16.4. The van der Waals surface area contributed by atoms with Crippen LogP contribution in [0.1, 0.15) is 58.9 Å². The summed E-state index contributed by atoms with van der Waals surface area (Å²) in [6, 6.07) is 14.7. The number of nitrogens with two attached hydrogens (primary N) is 1. The minimum atomic E-state index is -1.23. The molecule has 2 amide bonds. The standard InChI is InChI=1S/C30H32N6O4/c1-5-32-24-11-10-22(21-8-6-18(15-23(21)29(39)40)27(37)34-16-30(2,3)4)25(36-24)28(38)35-19-7-9-20-17(14-19)12-13-33-26(20)31/h6-15H,5,16H2,1-4H3,(H2,31,33)(H,32,36)(H,34,37)(H,35,38)(H,39,40). The quantitative estimate of drug-likeness (QED) is 0.208. The van der Waals surface area contributed by atoms with Crippen molar-refractivity contribution in [1.29, 1.82) is 0 Å². The van der Waals surface area contributed by atoms with E-state index in [1.807, 2.05) is 27.7 Å². The summed E-state index contributed by atoms with van der Waals surface area (Å²) in [5, 5.41) is 20.4. The van der Waals surface area contributed by atoms with E-state index in [9.17, 15) is 19.5 Å². The molecule has 0 aliphatic carbocycles. The Morgan fingerprint density at radius 2 is 1.70 bits per heavy atom. The highest BCUT2D eigenvalue weighted by molar-refractivity contribution is 6.10. The summed E-state index contributed by atoms with van der Waals surface area (Å²) in [6.07, 6.45) is 1.59. The molecule has 4 rings (SSSR count). The first-order valence-corrected chi connectivity index (χ1v) is 12.8. The number of aromatic carboxylic acids is 1. The molecule has 4 aromatic rings. The van der Waals surface area contributed by atoms with Crippen LogP contribution < -0.4 is 21.7 Å². The zero-order valence-electron chi connectivity index (χ0n) is 22.8. The Morgan fingerprint density at radius 1 is 0.950 bits per heavy atom. The van der Waals surface area contributed by atoms with Crippen LogP contribution in [0.3, 0.4) is 0 Å². The molecule has 0 unspecified atom stereocenters. The lowest BCUT2D eigenvalue weighted by Crippen LogP contribution is -2.32. The van der Waals surface area contributed by atoms with Gasteiger partial charge in [-0.1, -0.05) is 26.8 Å². The molecule has 0 aliphatic rings. The van der Waals surface area contributed by atoms with E-state index in [-0.39, 0.29) is 33.7 Å². The van der Waals surface area contributed by atoms with Crippen molar-refractivity contribution in [2.24, 2.45) is 5.41 Å². The molecule has 0 spiro atoms. The number of pyridine rings is 2. The number of nitrogen functional groups attached to an aromatic ring is 1. The van der Waals surface area contributed by atoms with Crippen LogP contribution in [0.25, 0.3) is 21.9 Å². The molecule has 0 saturated heterocycles. The summed E-state index contributed by atoms with van der Waals surface area (Å²) < 4.78 is 0. The third kappa shape index (κ3) is 6.35. The van der Waals surface area contributed by atoms with Crippen molar-refractivity contribution in [3.05, 3.63) is 77.6 Å². The molecule has 6 N–H and O–H groups in total. The van der Waals surface area contributed by atoms with Crippen molar-refractivity contribution in [1.82, 2.24) is 15.3 Å². The van der Waals surface area contributed by atoms with Crippen LogP contribution in [-0.4, -0.2) is 45.9 Å². The van der Waals surface area contributed by atoms with Crippen LogP contribution in [-0.2, 0) is 0 Å². The normalized spacial score (nSPS) is 11.2. The second-order valence-corrected chi connectivity index (χ2v) is 10.5. The van der Waals surface area contributed by atoms with Gasteiger partial charge in [0.1, 0.15) is 17.3 Å². The van der Waals surface area contributed by atoms with Gasteiger partial charge < -0.3 is 26.8 Å². The van der Waals surface area contributed by atoms with Crippen molar-refractivity contribution in [2.45, 2.75) is 27.7 Å². The Bertz CT molecular complexity index is 1610. The van der Waals surface area contributed by atoms with E-state index in [0.29, 0.717) is 36.0 Å². The zero-order valence-corrected chi connectivity index (χ0v) is 22.8. The highest BCUT2D eigenvalue weighted by Gasteiger charge is 2.23. The summed E-state index contributed by atoms with van der Waals surface area (Å²) >= 11 is 0. The Kier molecular flexibility index (Phi) is 7.99. The van der Waals surface area contributed by atoms with Gasteiger partial charge in [-0.2, -0.15) is 0 Å². The lowest BCUT2D eigenvalue weighted by atomic mass is 9.94. The fourth-order valence-corrected chi connectivity index (χ4v) is 4.14. The van der Waals surface area contributed by atoms with Gasteiger partial charge >= 0.3 is 5.97 Å². The maximum Gasteiger partial charge on any atom is 0.336 e. The molecule has 0 saturated carbocycles. The van der Waals surface area contributed by atoms with E-state index in [2.05, 4.69) is 25.9 Å². The van der Waals surface area contributed by atoms with E-state index >= 15 is 0 Å². The van der Waals surface area contributed by atoms with Gasteiger partial charge in [-0.25, -0.2) is 14.8 Å². The number of hydrogen-bond donors (Lipinski definition) is 5. The number of rotatable bonds is 8. The SMILES string of the molecule is CCNc1ccc(-c2ccc(C(=O)NCC(C)(C)C)cc2C(=O)O)c(C(=O)Nc2ccc3c(N)nccc3c2)n1. The van der Waals surface area contributed by atoms with Crippen LogP contribution in [0.4, 0.5) is 17.3 Å². The van der Waals surface area contributed by atoms with Crippen LogP contribution >= 0.6 is 0 Å². The molecule has 10 heteroatoms. The maximum absolute atomic E-state index is 13.6. The molecule has 0 bridgehead atoms. The third-order valence-electron chi connectivity index (χ3n) is 6.10. The second-order valence-electron chi connectivity index (χ2n) is 10.5. The van der Waals surface area contributed by atoms with Gasteiger partial charge in [0.05, 0.1) is 5.56 Å². The molecule has 0 fully saturated rings. The van der Waals surface area contributed by atoms with Gasteiger partial charge in [0.2, 0.25) is 0 Å². The first-order valence-electron chi connectivity index (χ1n) is 12.8. The molecular formula is C30H32N6O4. The van der Waals surface area contributed by atoms with Gasteiger partial charge in [-0.15, -0.1) is 0 Å². The third-order valence-corrected chi connectivity index (χ3v) is 6.10. The number of amides is 2. The smallest absolute Gasteiger partial charge is 0.336 e. The molecule has 0 radical (unpaired) electrons. The number of nitrogens with one attached hydrogen (secondary N) is 3. The molecule has 2 heterocycles. The fraction of sp³-hybridized carbons (Fsp3) is 0.233. The summed E-state index contributed by atoms with van der Waals surface area (Å²) in [6.45, 7) is 8.86. The average Bonchev–Trinajstić information content (AvgIpc) is 2.91. The Labute approximate surface area is 232 Å². The second kappa shape index (κ2) is 11.4. The topological polar surface area (TPSA) is 159 Å². The zero-order chi connectivity index (χ0) is 29.0. The largest absolute Gasteiger partial charge is 0.478 e. The van der Waals surface area contributed by atoms with Crippen molar-refractivity contribution >= 4 is 45.9 Å². The molecule has 0 aliphatic heterocycles. The minimum Gasteiger partial charge on any atom is -0.478 e. The Balaban J connectivity index is 1.74. The van der Waals surface area contributed by atoms with Gasteiger partial charge in [0, 0.05) is 41.5 Å². The van der Waals surface area contributed by atoms with E-state index in [1.54, 1.807) is 48.7 Å². The number of carbonyl (C=O) groups excluding carboxylic acids is 2. The van der Waals surface area contributed by atoms with Crippen molar-refractivity contribution in [3.8, 4) is 11.1 Å². The van der Waals surface area contributed by atoms with Crippen LogP contribution in [0.2, 0.25) is 0 Å². The number of benzene rings is 2. The number of nitrogens with zero attached hydrogens (tertiary/aromatic N) is 2. The molecule has 0 atom stereocenters. The number of anilines is 3. The molecule has 2 aromatic heterocycles. The monoisotopic (exact) mass is 540 g/mol. The molecule has 2 aromatic carbocycles. The lowest BCUT2D eigenvalue weighted by Gasteiger charge is -2.19. The summed E-state index contributed by atoms with van der Waals surface area (Å²) in [5.41, 5.74) is 7.00. The van der Waals surface area contributed by atoms with E-state index in [4.69, 9.17) is 5.73 Å². The predicted octanol–water partition coefficient (Wildman–Crippen LogP) is 5.04. The summed E-state index contributed by atoms with van der Waals surface area (Å²) in [5.74, 6) is -1.30. The van der Waals surface area contributed by atoms with Crippen molar-refractivity contribution < 1.29 is 19.5 Å². The van der Waals surface area contributed by atoms with E-state index < -0.39 is 11.9 Å². The average molecular weight is 541 g/mol. The Morgan fingerprint density at radius 3 is 2.40 bits per heavy atom. The first kappa shape index (κ1) is 28.0. The number of fused-ring (bicyclic) bond motifs is 1. The van der Waals surface area contributed by atoms with E-state index in [0.717, 1.165) is 10.8 Å². The summed E-state index contributed by atoms with van der Waals surface area (Å²) in [7, 11) is 0. The van der Waals surface area contributed by atoms with E-state index in [1.165, 1.54) is 12.1 Å². The number of carboxylic acids is 1. The maximum atomic E-state index is 13.6. The molecule has 206 valence electrons. The Hall–Kier alpha value is -4.99. The van der Waals surface area contributed by atoms with Crippen molar-refractivity contribution in [3.63, 3.8) is 0 Å². The summed E-state index contributed by atoms with van der Waals surface area (Å²) in [4.78, 5) is 47.2. The number of carboxylic acid groups (broad SMARTS) is 1. The predicted molar refractivity (Wildman–Crippen MR) is 157 cm³/mol. The van der Waals surface area contributed by atoms with Gasteiger partial charge in [0.15, 0.2) is 0 Å². The van der Waals surface area contributed by atoms with Crippen molar-refractivity contribution in [2.75, 3.05) is 29.5 Å². The van der Waals surface area contributed by atoms with Crippen LogP contribution in [0, 0.1) is 5.41 Å². The lowest BCUT2D eigenvalue weighted by molar-refractivity contribution is 0.0697. The van der Waals surface area contributed by atoms with Crippen LogP contribution in [0.15, 0.2) is 60.8 Å². The van der Waals surface area contributed by atoms with Gasteiger partial charge in [0.25, 0.3) is 11.8 Å². The minimum absolute atomic E-state index is 0.0280. The number of carbonyl (C=O) groups is 3. The molecular weight excluding hydrogens is 508 g/mol. The van der Waals surface area contributed by atoms with Gasteiger partial charge in [-0.05, 0) is 71.8 Å².